The van der Waals surface area contributed by atoms with Crippen LogP contribution in [0.25, 0.3) is 22.4 Å². The molecule has 0 aliphatic rings. The van der Waals surface area contributed by atoms with Gasteiger partial charge in [0.05, 0.1) is 17.2 Å². The minimum absolute atomic E-state index is 0.0108. The fourth-order valence-corrected chi connectivity index (χ4v) is 4.73. The molecular weight excluding hydrogens is 474 g/mol. The van der Waals surface area contributed by atoms with Crippen LogP contribution in [-0.4, -0.2) is 61.9 Å². The minimum Gasteiger partial charge on any atom is -0.481 e. The van der Waals surface area contributed by atoms with E-state index in [0.29, 0.717) is 28.7 Å². The van der Waals surface area contributed by atoms with Crippen molar-refractivity contribution in [3.8, 4) is 11.3 Å². The van der Waals surface area contributed by atoms with Crippen LogP contribution in [0.1, 0.15) is 40.7 Å². The monoisotopic (exact) mass is 503 g/mol. The highest BCUT2D eigenvalue weighted by Gasteiger charge is 2.27. The van der Waals surface area contributed by atoms with Crippen molar-refractivity contribution in [3.63, 3.8) is 0 Å². The van der Waals surface area contributed by atoms with E-state index in [1.165, 1.54) is 7.05 Å². The predicted octanol–water partition coefficient (Wildman–Crippen LogP) is 2.72. The number of furan rings is 1. The molecule has 0 saturated heterocycles. The van der Waals surface area contributed by atoms with Gasteiger partial charge in [-0.05, 0) is 37.8 Å². The van der Waals surface area contributed by atoms with Crippen molar-refractivity contribution in [1.29, 1.82) is 0 Å². The molecule has 0 spiro atoms. The van der Waals surface area contributed by atoms with E-state index in [1.54, 1.807) is 6.07 Å². The molecule has 3 N–H and O–H groups in total. The molecule has 35 heavy (non-hydrogen) atoms. The summed E-state index contributed by atoms with van der Waals surface area (Å²) in [4.78, 5) is 28.1. The van der Waals surface area contributed by atoms with Crippen molar-refractivity contribution in [3.05, 3.63) is 47.0 Å². The van der Waals surface area contributed by atoms with Gasteiger partial charge in [-0.3, -0.25) is 13.9 Å². The molecule has 11 heteroatoms. The molecule has 2 aromatic heterocycles. The van der Waals surface area contributed by atoms with Gasteiger partial charge in [0.15, 0.2) is 0 Å². The summed E-state index contributed by atoms with van der Waals surface area (Å²) in [6, 6.07) is 9.03. The molecule has 188 valence electrons. The maximum atomic E-state index is 12.8. The van der Waals surface area contributed by atoms with Crippen LogP contribution >= 0.6 is 0 Å². The van der Waals surface area contributed by atoms with E-state index >= 15 is 0 Å². The van der Waals surface area contributed by atoms with Crippen molar-refractivity contribution in [2.75, 3.05) is 30.8 Å². The van der Waals surface area contributed by atoms with Crippen LogP contribution in [0.2, 0.25) is 0 Å². The number of aliphatic hydroxyl groups is 1. The number of carboxylic acids is 1. The highest BCUT2D eigenvalue weighted by molar-refractivity contribution is 7.92. The van der Waals surface area contributed by atoms with Crippen LogP contribution in [0.4, 0.5) is 5.82 Å². The first kappa shape index (κ1) is 26.2. The van der Waals surface area contributed by atoms with Crippen molar-refractivity contribution < 1.29 is 32.6 Å². The van der Waals surface area contributed by atoms with Crippen molar-refractivity contribution >= 4 is 38.8 Å². The lowest BCUT2D eigenvalue weighted by atomic mass is 10.0. The first-order chi connectivity index (χ1) is 16.6. The Hall–Kier alpha value is -3.44. The SMILES string of the molecule is CNC(=O)c1c(-c2ccc(C)cc2)oc2nc(N(CCCCC(=O)O)S(C)(=O)=O)c(CCO)cc12. The van der Waals surface area contributed by atoms with Crippen molar-refractivity contribution in [1.82, 2.24) is 10.3 Å². The number of amides is 1. The molecule has 3 rings (SSSR count). The zero-order chi connectivity index (χ0) is 25.8. The van der Waals surface area contributed by atoms with Crippen LogP contribution in [0.3, 0.4) is 0 Å². The number of unbranched alkanes of at least 4 members (excludes halogenated alkanes) is 1. The number of benzene rings is 1. The molecule has 0 fully saturated rings. The smallest absolute Gasteiger partial charge is 0.303 e. The third-order valence-corrected chi connectivity index (χ3v) is 6.68. The number of aliphatic carboxylic acids is 1. The zero-order valence-corrected chi connectivity index (χ0v) is 20.7. The number of hydrogen-bond acceptors (Lipinski definition) is 7. The number of carbonyl (C=O) groups excluding carboxylic acids is 1. The first-order valence-corrected chi connectivity index (χ1v) is 13.0. The van der Waals surface area contributed by atoms with Gasteiger partial charge < -0.3 is 19.9 Å². The summed E-state index contributed by atoms with van der Waals surface area (Å²) in [7, 11) is -2.29. The number of anilines is 1. The van der Waals surface area contributed by atoms with E-state index < -0.39 is 21.9 Å². The fourth-order valence-electron chi connectivity index (χ4n) is 3.80. The van der Waals surface area contributed by atoms with Gasteiger partial charge in [-0.15, -0.1) is 0 Å². The number of carboxylic acid groups (broad SMARTS) is 1. The average Bonchev–Trinajstić information content (AvgIpc) is 3.16. The molecule has 0 unspecified atom stereocenters. The van der Waals surface area contributed by atoms with Gasteiger partial charge in [0.2, 0.25) is 15.7 Å². The lowest BCUT2D eigenvalue weighted by molar-refractivity contribution is -0.137. The predicted molar refractivity (Wildman–Crippen MR) is 132 cm³/mol. The molecule has 10 nitrogen and oxygen atoms in total. The molecule has 0 atom stereocenters. The molecule has 0 radical (unpaired) electrons. The Balaban J connectivity index is 2.20. The molecule has 0 bridgehead atoms. The molecule has 0 aliphatic carbocycles. The van der Waals surface area contributed by atoms with Gasteiger partial charge in [-0.25, -0.2) is 8.42 Å². The largest absolute Gasteiger partial charge is 0.481 e. The molecule has 1 aromatic carbocycles. The Morgan fingerprint density at radius 2 is 1.86 bits per heavy atom. The Morgan fingerprint density at radius 3 is 2.43 bits per heavy atom. The minimum atomic E-state index is -3.79. The van der Waals surface area contributed by atoms with Gasteiger partial charge in [0, 0.05) is 32.2 Å². The molecule has 3 aromatic rings. The summed E-state index contributed by atoms with van der Waals surface area (Å²) in [5.41, 5.74) is 2.45. The highest BCUT2D eigenvalue weighted by atomic mass is 32.2. The maximum absolute atomic E-state index is 12.8. The Bertz CT molecular complexity index is 1330. The molecule has 1 amide bonds. The fraction of sp³-hybridized carbons (Fsp3) is 0.375. The van der Waals surface area contributed by atoms with E-state index in [1.807, 2.05) is 31.2 Å². The second-order valence-corrected chi connectivity index (χ2v) is 10.1. The number of carbonyl (C=O) groups is 2. The second kappa shape index (κ2) is 10.9. The third kappa shape index (κ3) is 5.98. The normalized spacial score (nSPS) is 11.5. The lowest BCUT2D eigenvalue weighted by Crippen LogP contribution is -2.32. The topological polar surface area (TPSA) is 150 Å². The van der Waals surface area contributed by atoms with Crippen LogP contribution in [0.15, 0.2) is 34.7 Å². The van der Waals surface area contributed by atoms with Crippen molar-refractivity contribution in [2.24, 2.45) is 0 Å². The summed E-state index contributed by atoms with van der Waals surface area (Å²) in [6.07, 6.45) is 1.64. The lowest BCUT2D eigenvalue weighted by Gasteiger charge is -2.23. The number of pyridine rings is 1. The van der Waals surface area contributed by atoms with E-state index in [4.69, 9.17) is 9.52 Å². The summed E-state index contributed by atoms with van der Waals surface area (Å²) in [6.45, 7) is 1.68. The van der Waals surface area contributed by atoms with E-state index in [-0.39, 0.29) is 49.5 Å². The van der Waals surface area contributed by atoms with Gasteiger partial charge in [0.25, 0.3) is 5.91 Å². The van der Waals surface area contributed by atoms with Crippen LogP contribution in [-0.2, 0) is 21.2 Å². The number of sulfonamides is 1. The van der Waals surface area contributed by atoms with Gasteiger partial charge in [0.1, 0.15) is 11.6 Å². The van der Waals surface area contributed by atoms with E-state index in [0.717, 1.165) is 16.1 Å². The highest BCUT2D eigenvalue weighted by Crippen LogP contribution is 2.36. The summed E-state index contributed by atoms with van der Waals surface area (Å²) >= 11 is 0. The number of nitrogens with one attached hydrogen (secondary N) is 1. The van der Waals surface area contributed by atoms with Gasteiger partial charge >= 0.3 is 5.97 Å². The number of rotatable bonds is 11. The van der Waals surface area contributed by atoms with Crippen LogP contribution in [0.5, 0.6) is 0 Å². The van der Waals surface area contributed by atoms with E-state index in [2.05, 4.69) is 10.3 Å². The molecule has 0 aliphatic heterocycles. The Morgan fingerprint density at radius 1 is 1.17 bits per heavy atom. The Labute approximate surface area is 203 Å². The Kier molecular flexibility index (Phi) is 8.13. The number of nitrogens with zero attached hydrogens (tertiary/aromatic N) is 2. The number of hydrogen-bond donors (Lipinski definition) is 3. The quantitative estimate of drug-likeness (QED) is 0.338. The summed E-state index contributed by atoms with van der Waals surface area (Å²) in [5.74, 6) is -0.974. The molecule has 0 saturated carbocycles. The second-order valence-electron chi connectivity index (χ2n) is 8.23. The number of aliphatic hydroxyl groups excluding tert-OH is 1. The molecular formula is C24H29N3O7S. The third-order valence-electron chi connectivity index (χ3n) is 5.53. The standard InChI is InChI=1S/C24H29N3O7S/c1-15-7-9-16(10-8-15)21-20(23(31)25-2)18-14-17(11-13-28)22(26-24(18)34-21)27(35(3,32)33)12-5-4-6-19(29)30/h7-10,14,28H,4-6,11-13H2,1-3H3,(H,25,31)(H,29,30). The first-order valence-electron chi connectivity index (χ1n) is 11.1. The zero-order valence-electron chi connectivity index (χ0n) is 19.9. The number of fused-ring (bicyclic) bond motifs is 1. The van der Waals surface area contributed by atoms with Gasteiger partial charge in [-0.2, -0.15) is 4.98 Å². The van der Waals surface area contributed by atoms with Crippen LogP contribution < -0.4 is 9.62 Å². The maximum Gasteiger partial charge on any atom is 0.303 e. The summed E-state index contributed by atoms with van der Waals surface area (Å²) in [5, 5.41) is 21.5. The number of aromatic nitrogens is 1. The summed E-state index contributed by atoms with van der Waals surface area (Å²) < 4.78 is 32.4. The van der Waals surface area contributed by atoms with Crippen molar-refractivity contribution in [2.45, 2.75) is 32.6 Å². The van der Waals surface area contributed by atoms with E-state index in [9.17, 15) is 23.1 Å². The number of aryl methyl sites for hydroxylation is 1. The van der Waals surface area contributed by atoms with Crippen LogP contribution in [0, 0.1) is 6.92 Å². The average molecular weight is 504 g/mol. The molecule has 2 heterocycles. The van der Waals surface area contributed by atoms with Gasteiger partial charge in [-0.1, -0.05) is 29.8 Å².